The van der Waals surface area contributed by atoms with Crippen LogP contribution < -0.4 is 10.2 Å². The van der Waals surface area contributed by atoms with E-state index in [0.29, 0.717) is 12.0 Å². The van der Waals surface area contributed by atoms with Gasteiger partial charge in [-0.3, -0.25) is 4.98 Å². The maximum Gasteiger partial charge on any atom is 0.0445 e. The molecule has 3 heteroatoms. The molecule has 1 fully saturated rings. The van der Waals surface area contributed by atoms with Crippen LogP contribution in [0.5, 0.6) is 0 Å². The standard InChI is InChI=1S/C17H29N3/c1-12(2)9-18-10-16-11-19-13(3)8-17(16)20(5)14(4)15-6-7-15/h8,11-12,14-15,18H,6-7,9-10H2,1-5H3. The lowest BCUT2D eigenvalue weighted by molar-refractivity contribution is 0.549. The largest absolute Gasteiger partial charge is 0.371 e. The maximum atomic E-state index is 4.47. The molecule has 1 aromatic heterocycles. The number of hydrogen-bond acceptors (Lipinski definition) is 3. The lowest BCUT2D eigenvalue weighted by Crippen LogP contribution is -2.32. The van der Waals surface area contributed by atoms with Crippen molar-refractivity contribution < 1.29 is 0 Å². The summed E-state index contributed by atoms with van der Waals surface area (Å²) >= 11 is 0. The van der Waals surface area contributed by atoms with E-state index in [2.05, 4.69) is 56.0 Å². The van der Waals surface area contributed by atoms with Crippen molar-refractivity contribution in [3.05, 3.63) is 23.5 Å². The molecule has 1 heterocycles. The minimum Gasteiger partial charge on any atom is -0.371 e. The van der Waals surface area contributed by atoms with Gasteiger partial charge in [-0.2, -0.15) is 0 Å². The van der Waals surface area contributed by atoms with E-state index in [4.69, 9.17) is 0 Å². The smallest absolute Gasteiger partial charge is 0.0445 e. The molecule has 1 aliphatic carbocycles. The number of nitrogens with zero attached hydrogens (tertiary/aromatic N) is 2. The normalized spacial score (nSPS) is 16.5. The van der Waals surface area contributed by atoms with Crippen molar-refractivity contribution in [3.8, 4) is 0 Å². The van der Waals surface area contributed by atoms with Gasteiger partial charge in [-0.15, -0.1) is 0 Å². The number of anilines is 1. The third kappa shape index (κ3) is 3.95. The Kier molecular flexibility index (Phi) is 5.03. The van der Waals surface area contributed by atoms with E-state index in [0.717, 1.165) is 24.7 Å². The highest BCUT2D eigenvalue weighted by molar-refractivity contribution is 5.54. The van der Waals surface area contributed by atoms with Gasteiger partial charge in [0.1, 0.15) is 0 Å². The molecule has 0 radical (unpaired) electrons. The molecule has 1 unspecified atom stereocenters. The van der Waals surface area contributed by atoms with E-state index in [-0.39, 0.29) is 0 Å². The predicted octanol–water partition coefficient (Wildman–Crippen LogP) is 3.37. The highest BCUT2D eigenvalue weighted by Gasteiger charge is 2.31. The van der Waals surface area contributed by atoms with Crippen LogP contribution >= 0.6 is 0 Å². The Morgan fingerprint density at radius 2 is 2.05 bits per heavy atom. The molecule has 0 aromatic carbocycles. The summed E-state index contributed by atoms with van der Waals surface area (Å²) in [5.74, 6) is 1.56. The van der Waals surface area contributed by atoms with Crippen LogP contribution in [0.25, 0.3) is 0 Å². The lowest BCUT2D eigenvalue weighted by atomic mass is 10.1. The van der Waals surface area contributed by atoms with Crippen molar-refractivity contribution in [1.82, 2.24) is 10.3 Å². The summed E-state index contributed by atoms with van der Waals surface area (Å²) in [6.07, 6.45) is 4.81. The molecule has 0 amide bonds. The van der Waals surface area contributed by atoms with Gasteiger partial charge in [0, 0.05) is 42.8 Å². The molecular formula is C17H29N3. The number of rotatable bonds is 7. The first-order valence-electron chi connectivity index (χ1n) is 7.88. The molecule has 0 spiro atoms. The number of aryl methyl sites for hydroxylation is 1. The fraction of sp³-hybridized carbons (Fsp3) is 0.706. The van der Waals surface area contributed by atoms with E-state index in [1.807, 2.05) is 6.20 Å². The van der Waals surface area contributed by atoms with E-state index in [1.165, 1.54) is 24.1 Å². The van der Waals surface area contributed by atoms with Gasteiger partial charge in [0.15, 0.2) is 0 Å². The average molecular weight is 275 g/mol. The first-order chi connectivity index (χ1) is 9.49. The summed E-state index contributed by atoms with van der Waals surface area (Å²) in [5, 5.41) is 3.53. The quantitative estimate of drug-likeness (QED) is 0.827. The van der Waals surface area contributed by atoms with Crippen molar-refractivity contribution in [2.75, 3.05) is 18.5 Å². The molecule has 1 N–H and O–H groups in total. The summed E-state index contributed by atoms with van der Waals surface area (Å²) in [6, 6.07) is 2.85. The van der Waals surface area contributed by atoms with Crippen LogP contribution in [0.4, 0.5) is 5.69 Å². The molecule has 0 saturated heterocycles. The second-order valence-corrected chi connectivity index (χ2v) is 6.67. The minimum atomic E-state index is 0.626. The molecule has 112 valence electrons. The summed E-state index contributed by atoms with van der Waals surface area (Å²) in [4.78, 5) is 6.92. The van der Waals surface area contributed by atoms with Crippen LogP contribution in [0.15, 0.2) is 12.3 Å². The molecule has 1 aromatic rings. The zero-order valence-electron chi connectivity index (χ0n) is 13.6. The molecule has 2 rings (SSSR count). The number of aromatic nitrogens is 1. The molecule has 0 bridgehead atoms. The SMILES string of the molecule is Cc1cc(N(C)C(C)C2CC2)c(CNCC(C)C)cn1. The van der Waals surface area contributed by atoms with Crippen LogP contribution in [0.2, 0.25) is 0 Å². The molecule has 3 nitrogen and oxygen atoms in total. The summed E-state index contributed by atoms with van der Waals surface area (Å²) in [7, 11) is 2.23. The molecule has 0 aliphatic heterocycles. The fourth-order valence-electron chi connectivity index (χ4n) is 2.65. The van der Waals surface area contributed by atoms with Gasteiger partial charge in [-0.1, -0.05) is 13.8 Å². The van der Waals surface area contributed by atoms with Gasteiger partial charge >= 0.3 is 0 Å². The number of nitrogens with one attached hydrogen (secondary N) is 1. The van der Waals surface area contributed by atoms with Crippen LogP contribution in [0.3, 0.4) is 0 Å². The minimum absolute atomic E-state index is 0.626. The first-order valence-corrected chi connectivity index (χ1v) is 7.88. The zero-order valence-corrected chi connectivity index (χ0v) is 13.6. The van der Waals surface area contributed by atoms with Crippen molar-refractivity contribution in [3.63, 3.8) is 0 Å². The van der Waals surface area contributed by atoms with Gasteiger partial charge < -0.3 is 10.2 Å². The highest BCUT2D eigenvalue weighted by Crippen LogP contribution is 2.37. The van der Waals surface area contributed by atoms with Crippen molar-refractivity contribution >= 4 is 5.69 Å². The van der Waals surface area contributed by atoms with Gasteiger partial charge in [0.25, 0.3) is 0 Å². The third-order valence-electron chi connectivity index (χ3n) is 4.26. The van der Waals surface area contributed by atoms with Gasteiger partial charge in [-0.25, -0.2) is 0 Å². The van der Waals surface area contributed by atoms with Gasteiger partial charge in [0.05, 0.1) is 0 Å². The molecular weight excluding hydrogens is 246 g/mol. The highest BCUT2D eigenvalue weighted by atomic mass is 15.1. The number of hydrogen-bond donors (Lipinski definition) is 1. The molecule has 1 atom stereocenters. The molecule has 20 heavy (non-hydrogen) atoms. The second-order valence-electron chi connectivity index (χ2n) is 6.67. The third-order valence-corrected chi connectivity index (χ3v) is 4.26. The Bertz CT molecular complexity index is 438. The van der Waals surface area contributed by atoms with E-state index in [1.54, 1.807) is 0 Å². The van der Waals surface area contributed by atoms with Crippen molar-refractivity contribution in [1.29, 1.82) is 0 Å². The van der Waals surface area contributed by atoms with E-state index < -0.39 is 0 Å². The van der Waals surface area contributed by atoms with Crippen LogP contribution in [-0.4, -0.2) is 24.6 Å². The fourth-order valence-corrected chi connectivity index (χ4v) is 2.65. The number of pyridine rings is 1. The van der Waals surface area contributed by atoms with E-state index >= 15 is 0 Å². The summed E-state index contributed by atoms with van der Waals surface area (Å²) in [6.45, 7) is 10.9. The van der Waals surface area contributed by atoms with Crippen molar-refractivity contribution in [2.24, 2.45) is 11.8 Å². The molecule has 1 aliphatic rings. The zero-order chi connectivity index (χ0) is 14.7. The Labute approximate surface area is 123 Å². The summed E-state index contributed by atoms with van der Waals surface area (Å²) in [5.41, 5.74) is 3.75. The lowest BCUT2D eigenvalue weighted by Gasteiger charge is -2.29. The monoisotopic (exact) mass is 275 g/mol. The van der Waals surface area contributed by atoms with Crippen LogP contribution in [0, 0.1) is 18.8 Å². The first kappa shape index (κ1) is 15.3. The van der Waals surface area contributed by atoms with E-state index in [9.17, 15) is 0 Å². The van der Waals surface area contributed by atoms with Gasteiger partial charge in [0.2, 0.25) is 0 Å². The van der Waals surface area contributed by atoms with Crippen LogP contribution in [-0.2, 0) is 6.54 Å². The Morgan fingerprint density at radius 1 is 1.35 bits per heavy atom. The van der Waals surface area contributed by atoms with Gasteiger partial charge in [-0.05, 0) is 51.1 Å². The topological polar surface area (TPSA) is 28.2 Å². The maximum absolute atomic E-state index is 4.47. The Hall–Kier alpha value is -1.09. The average Bonchev–Trinajstić information content (AvgIpc) is 3.22. The van der Waals surface area contributed by atoms with Crippen LogP contribution in [0.1, 0.15) is 44.9 Å². The Morgan fingerprint density at radius 3 is 2.65 bits per heavy atom. The Balaban J connectivity index is 2.10. The second kappa shape index (κ2) is 6.57. The predicted molar refractivity (Wildman–Crippen MR) is 86.1 cm³/mol. The summed E-state index contributed by atoms with van der Waals surface area (Å²) < 4.78 is 0. The molecule has 1 saturated carbocycles. The van der Waals surface area contributed by atoms with Crippen molar-refractivity contribution in [2.45, 2.75) is 53.1 Å².